The van der Waals surface area contributed by atoms with E-state index >= 15 is 0 Å². The molecular formula is C24H25N3O7. The molecule has 3 atom stereocenters. The molecule has 2 aromatic carbocycles. The second-order valence-corrected chi connectivity index (χ2v) is 8.64. The number of amides is 3. The van der Waals surface area contributed by atoms with E-state index in [-0.39, 0.29) is 37.7 Å². The van der Waals surface area contributed by atoms with Crippen molar-refractivity contribution in [1.82, 2.24) is 9.80 Å². The zero-order valence-electron chi connectivity index (χ0n) is 18.4. The van der Waals surface area contributed by atoms with Gasteiger partial charge in [-0.15, -0.1) is 0 Å². The molecule has 10 nitrogen and oxygen atoms in total. The lowest BCUT2D eigenvalue weighted by atomic mass is 9.84. The number of likely N-dealkylation sites (tertiary alicyclic amines) is 1. The standard InChI is InChI=1S/C24H25N3O7/c28-22(26-20(15-34-24(26)31)11-16-5-2-1-3-6-16)21(18-9-10-25(14-18)23(29)30)13-17-7-4-8-19(12-17)27(32)33/h1-8,12,18,20-21H,9-11,13-15H2,(H,29,30)/t18-,20-,21-/m0/s1. The Bertz CT molecular complexity index is 1090. The quantitative estimate of drug-likeness (QED) is 0.488. The monoisotopic (exact) mass is 467 g/mol. The molecule has 2 saturated heterocycles. The first-order chi connectivity index (χ1) is 16.3. The summed E-state index contributed by atoms with van der Waals surface area (Å²) < 4.78 is 5.22. The summed E-state index contributed by atoms with van der Waals surface area (Å²) in [4.78, 5) is 50.9. The van der Waals surface area contributed by atoms with Gasteiger partial charge in [0, 0.05) is 31.1 Å². The van der Waals surface area contributed by atoms with Crippen LogP contribution >= 0.6 is 0 Å². The summed E-state index contributed by atoms with van der Waals surface area (Å²) in [5.74, 6) is -1.49. The predicted molar refractivity (Wildman–Crippen MR) is 120 cm³/mol. The smallest absolute Gasteiger partial charge is 0.416 e. The number of carboxylic acid groups (broad SMARTS) is 1. The van der Waals surface area contributed by atoms with Crippen molar-refractivity contribution in [3.05, 3.63) is 75.8 Å². The fraction of sp³-hybridized carbons (Fsp3) is 0.375. The van der Waals surface area contributed by atoms with Gasteiger partial charge in [-0.2, -0.15) is 0 Å². The summed E-state index contributed by atoms with van der Waals surface area (Å²) in [5, 5.41) is 20.6. The number of hydrogen-bond donors (Lipinski definition) is 1. The van der Waals surface area contributed by atoms with Gasteiger partial charge in [-0.25, -0.2) is 14.5 Å². The highest BCUT2D eigenvalue weighted by molar-refractivity contribution is 5.95. The number of imide groups is 1. The Morgan fingerprint density at radius 2 is 1.88 bits per heavy atom. The Labute approximate surface area is 195 Å². The van der Waals surface area contributed by atoms with E-state index in [1.807, 2.05) is 30.3 Å². The number of benzene rings is 2. The molecule has 0 aromatic heterocycles. The second-order valence-electron chi connectivity index (χ2n) is 8.64. The molecule has 1 N–H and O–H groups in total. The molecule has 2 aliphatic heterocycles. The van der Waals surface area contributed by atoms with E-state index in [0.29, 0.717) is 18.4 Å². The number of carbonyl (C=O) groups is 3. The lowest BCUT2D eigenvalue weighted by molar-refractivity contribution is -0.384. The van der Waals surface area contributed by atoms with Crippen LogP contribution in [0.2, 0.25) is 0 Å². The van der Waals surface area contributed by atoms with Crippen molar-refractivity contribution in [3.8, 4) is 0 Å². The average Bonchev–Trinajstić information content (AvgIpc) is 3.45. The highest BCUT2D eigenvalue weighted by atomic mass is 16.6. The lowest BCUT2D eigenvalue weighted by Gasteiger charge is -2.28. The van der Waals surface area contributed by atoms with Gasteiger partial charge >= 0.3 is 12.2 Å². The van der Waals surface area contributed by atoms with Gasteiger partial charge in [0.1, 0.15) is 6.61 Å². The van der Waals surface area contributed by atoms with Crippen LogP contribution in [0.25, 0.3) is 0 Å². The number of non-ortho nitro benzene ring substituents is 1. The maximum absolute atomic E-state index is 13.8. The summed E-state index contributed by atoms with van der Waals surface area (Å²) in [6, 6.07) is 15.0. The molecule has 2 fully saturated rings. The maximum atomic E-state index is 13.8. The minimum atomic E-state index is -1.06. The molecule has 2 aliphatic rings. The third-order valence-electron chi connectivity index (χ3n) is 6.47. The van der Waals surface area contributed by atoms with Crippen molar-refractivity contribution in [3.63, 3.8) is 0 Å². The summed E-state index contributed by atoms with van der Waals surface area (Å²) >= 11 is 0. The van der Waals surface area contributed by atoms with Crippen LogP contribution in [-0.4, -0.2) is 63.7 Å². The number of hydrogen-bond acceptors (Lipinski definition) is 6. The number of nitro benzene ring substituents is 1. The van der Waals surface area contributed by atoms with Gasteiger partial charge in [0.05, 0.1) is 11.0 Å². The largest absolute Gasteiger partial charge is 0.465 e. The Kier molecular flexibility index (Phi) is 6.76. The summed E-state index contributed by atoms with van der Waals surface area (Å²) in [6.07, 6.45) is -0.729. The fourth-order valence-electron chi connectivity index (χ4n) is 4.74. The van der Waals surface area contributed by atoms with E-state index in [4.69, 9.17) is 4.74 Å². The van der Waals surface area contributed by atoms with E-state index in [9.17, 15) is 29.6 Å². The lowest BCUT2D eigenvalue weighted by Crippen LogP contribution is -2.46. The molecule has 10 heteroatoms. The van der Waals surface area contributed by atoms with Crippen LogP contribution in [0.5, 0.6) is 0 Å². The van der Waals surface area contributed by atoms with E-state index < -0.39 is 35.0 Å². The highest BCUT2D eigenvalue weighted by Gasteiger charge is 2.44. The Hall–Kier alpha value is -3.95. The molecule has 0 radical (unpaired) electrons. The maximum Gasteiger partial charge on any atom is 0.416 e. The number of nitrogens with zero attached hydrogens (tertiary/aromatic N) is 3. The average molecular weight is 467 g/mol. The predicted octanol–water partition coefficient (Wildman–Crippen LogP) is 3.34. The van der Waals surface area contributed by atoms with E-state index in [2.05, 4.69) is 0 Å². The number of rotatable bonds is 7. The number of nitro groups is 1. The Morgan fingerprint density at radius 3 is 2.56 bits per heavy atom. The van der Waals surface area contributed by atoms with Crippen LogP contribution in [0, 0.1) is 22.0 Å². The van der Waals surface area contributed by atoms with E-state index in [0.717, 1.165) is 10.5 Å². The topological polar surface area (TPSA) is 130 Å². The molecule has 2 heterocycles. The molecule has 3 amide bonds. The van der Waals surface area contributed by atoms with Crippen LogP contribution in [0.15, 0.2) is 54.6 Å². The summed E-state index contributed by atoms with van der Waals surface area (Å²) in [6.45, 7) is 0.526. The zero-order chi connectivity index (χ0) is 24.2. The molecule has 2 aromatic rings. The van der Waals surface area contributed by atoms with Crippen molar-refractivity contribution >= 4 is 23.8 Å². The van der Waals surface area contributed by atoms with Crippen LogP contribution in [0.4, 0.5) is 15.3 Å². The van der Waals surface area contributed by atoms with Gasteiger partial charge in [-0.05, 0) is 36.3 Å². The van der Waals surface area contributed by atoms with Crippen LogP contribution in [0.1, 0.15) is 17.5 Å². The van der Waals surface area contributed by atoms with Gasteiger partial charge in [0.25, 0.3) is 5.69 Å². The van der Waals surface area contributed by atoms with Gasteiger partial charge in [-0.1, -0.05) is 42.5 Å². The minimum absolute atomic E-state index is 0.0783. The van der Waals surface area contributed by atoms with Crippen molar-refractivity contribution in [2.75, 3.05) is 19.7 Å². The van der Waals surface area contributed by atoms with Crippen molar-refractivity contribution < 1.29 is 29.2 Å². The third-order valence-corrected chi connectivity index (χ3v) is 6.47. The molecule has 0 saturated carbocycles. The van der Waals surface area contributed by atoms with Crippen LogP contribution < -0.4 is 0 Å². The van der Waals surface area contributed by atoms with Crippen LogP contribution in [-0.2, 0) is 22.4 Å². The first-order valence-electron chi connectivity index (χ1n) is 11.1. The second kappa shape index (κ2) is 9.90. The number of ether oxygens (including phenoxy) is 1. The van der Waals surface area contributed by atoms with Gasteiger partial charge in [-0.3, -0.25) is 14.9 Å². The highest BCUT2D eigenvalue weighted by Crippen LogP contribution is 2.32. The minimum Gasteiger partial charge on any atom is -0.465 e. The fourth-order valence-corrected chi connectivity index (χ4v) is 4.74. The van der Waals surface area contributed by atoms with Gasteiger partial charge in [0.2, 0.25) is 5.91 Å². The van der Waals surface area contributed by atoms with Crippen molar-refractivity contribution in [2.45, 2.75) is 25.3 Å². The van der Waals surface area contributed by atoms with E-state index in [1.54, 1.807) is 12.1 Å². The van der Waals surface area contributed by atoms with Crippen molar-refractivity contribution in [2.24, 2.45) is 11.8 Å². The molecular weight excluding hydrogens is 442 g/mol. The summed E-state index contributed by atoms with van der Waals surface area (Å²) in [7, 11) is 0. The first-order valence-corrected chi connectivity index (χ1v) is 11.1. The Morgan fingerprint density at radius 1 is 1.15 bits per heavy atom. The Balaban J connectivity index is 1.61. The molecule has 178 valence electrons. The zero-order valence-corrected chi connectivity index (χ0v) is 18.4. The SMILES string of the molecule is O=C(O)N1CC[C@H]([C@H](Cc2cccc([N+](=O)[O-])c2)C(=O)N2C(=O)OC[C@@H]2Cc2ccccc2)C1. The molecule has 34 heavy (non-hydrogen) atoms. The summed E-state index contributed by atoms with van der Waals surface area (Å²) in [5.41, 5.74) is 1.44. The molecule has 0 spiro atoms. The molecule has 4 rings (SSSR count). The first kappa shape index (κ1) is 23.2. The normalized spacial score (nSPS) is 20.8. The molecule has 0 aliphatic carbocycles. The van der Waals surface area contributed by atoms with Crippen LogP contribution in [0.3, 0.4) is 0 Å². The molecule has 0 unspecified atom stereocenters. The third kappa shape index (κ3) is 5.00. The van der Waals surface area contributed by atoms with Crippen molar-refractivity contribution in [1.29, 1.82) is 0 Å². The van der Waals surface area contributed by atoms with E-state index in [1.165, 1.54) is 17.0 Å². The number of cyclic esters (lactones) is 1. The van der Waals surface area contributed by atoms with Gasteiger partial charge < -0.3 is 14.7 Å². The van der Waals surface area contributed by atoms with Gasteiger partial charge in [0.15, 0.2) is 0 Å². The molecule has 0 bridgehead atoms. The number of carbonyl (C=O) groups excluding carboxylic acids is 2.